The van der Waals surface area contributed by atoms with Gasteiger partial charge in [-0.1, -0.05) is 5.16 Å². The number of aliphatic hydroxyl groups is 1. The maximum Gasteiger partial charge on any atom is 0.389 e. The molecule has 1 rings (SSSR count). The topological polar surface area (TPSA) is 59.2 Å². The first-order valence-electron chi connectivity index (χ1n) is 4.93. The summed E-state index contributed by atoms with van der Waals surface area (Å²) in [5, 5.41) is 12.4. The summed E-state index contributed by atoms with van der Waals surface area (Å²) in [6.45, 7) is 1.61. The van der Waals surface area contributed by atoms with Crippen LogP contribution in [0.2, 0.25) is 0 Å². The molecule has 4 nitrogen and oxygen atoms in total. The van der Waals surface area contributed by atoms with Crippen LogP contribution in [-0.2, 0) is 12.8 Å². The third kappa shape index (κ3) is 5.11. The minimum Gasteiger partial charge on any atom is -0.393 e. The van der Waals surface area contributed by atoms with Gasteiger partial charge in [0.25, 0.3) is 0 Å². The average molecular weight is 238 g/mol. The van der Waals surface area contributed by atoms with Crippen LogP contribution < -0.4 is 0 Å². The van der Waals surface area contributed by atoms with Gasteiger partial charge in [-0.3, -0.25) is 0 Å². The Morgan fingerprint density at radius 2 is 2.06 bits per heavy atom. The lowest BCUT2D eigenvalue weighted by atomic mass is 10.2. The Bertz CT molecular complexity index is 323. The fourth-order valence-corrected chi connectivity index (χ4v) is 1.08. The fraction of sp³-hybridized carbons (Fsp3) is 0.778. The zero-order valence-electron chi connectivity index (χ0n) is 8.79. The predicted octanol–water partition coefficient (Wildman–Crippen LogP) is 1.88. The van der Waals surface area contributed by atoms with E-state index >= 15 is 0 Å². The SMILES string of the molecule is CC(O)CCc1nc(CCC(F)(F)F)no1. The van der Waals surface area contributed by atoms with E-state index in [1.165, 1.54) is 0 Å². The molecule has 0 aromatic carbocycles. The maximum absolute atomic E-state index is 11.9. The van der Waals surface area contributed by atoms with Crippen LogP contribution in [0, 0.1) is 0 Å². The van der Waals surface area contributed by atoms with Gasteiger partial charge in [0.15, 0.2) is 5.82 Å². The summed E-state index contributed by atoms with van der Waals surface area (Å²) >= 11 is 0. The van der Waals surface area contributed by atoms with Gasteiger partial charge in [-0.15, -0.1) is 0 Å². The van der Waals surface area contributed by atoms with Gasteiger partial charge in [0.2, 0.25) is 5.89 Å². The highest BCUT2D eigenvalue weighted by atomic mass is 19.4. The Morgan fingerprint density at radius 1 is 1.38 bits per heavy atom. The average Bonchev–Trinajstić information content (AvgIpc) is 2.58. The van der Waals surface area contributed by atoms with E-state index in [2.05, 4.69) is 10.1 Å². The maximum atomic E-state index is 11.9. The van der Waals surface area contributed by atoms with Crippen molar-refractivity contribution in [3.05, 3.63) is 11.7 Å². The molecule has 0 aliphatic carbocycles. The molecule has 0 saturated heterocycles. The zero-order valence-corrected chi connectivity index (χ0v) is 8.79. The van der Waals surface area contributed by atoms with Gasteiger partial charge in [0.05, 0.1) is 12.5 Å². The Hall–Kier alpha value is -1.11. The quantitative estimate of drug-likeness (QED) is 0.850. The number of rotatable bonds is 5. The highest BCUT2D eigenvalue weighted by Crippen LogP contribution is 2.21. The minimum atomic E-state index is -4.21. The normalized spacial score (nSPS) is 14.1. The Labute approximate surface area is 90.5 Å². The number of hydrogen-bond donors (Lipinski definition) is 1. The van der Waals surface area contributed by atoms with Gasteiger partial charge in [0, 0.05) is 12.8 Å². The van der Waals surface area contributed by atoms with Gasteiger partial charge >= 0.3 is 6.18 Å². The largest absolute Gasteiger partial charge is 0.393 e. The van der Waals surface area contributed by atoms with Crippen molar-refractivity contribution in [3.8, 4) is 0 Å². The Kier molecular flexibility index (Phi) is 4.28. The van der Waals surface area contributed by atoms with Crippen molar-refractivity contribution in [1.29, 1.82) is 0 Å². The predicted molar refractivity (Wildman–Crippen MR) is 48.7 cm³/mol. The second kappa shape index (κ2) is 5.29. The Balaban J connectivity index is 2.39. The van der Waals surface area contributed by atoms with E-state index in [0.717, 1.165) is 0 Å². The van der Waals surface area contributed by atoms with E-state index in [1.54, 1.807) is 6.92 Å². The van der Waals surface area contributed by atoms with Gasteiger partial charge in [-0.25, -0.2) is 0 Å². The number of halogens is 3. The number of hydrogen-bond acceptors (Lipinski definition) is 4. The molecular weight excluding hydrogens is 225 g/mol. The third-order valence-electron chi connectivity index (χ3n) is 1.92. The van der Waals surface area contributed by atoms with E-state index in [0.29, 0.717) is 12.8 Å². The van der Waals surface area contributed by atoms with Crippen LogP contribution in [0.1, 0.15) is 31.5 Å². The summed E-state index contributed by atoms with van der Waals surface area (Å²) < 4.78 is 40.4. The standard InChI is InChI=1S/C9H13F3N2O2/c1-6(15)2-3-8-13-7(14-16-8)4-5-9(10,11)12/h6,15H,2-5H2,1H3. The van der Waals surface area contributed by atoms with Crippen LogP contribution in [0.3, 0.4) is 0 Å². The molecule has 0 aliphatic rings. The van der Waals surface area contributed by atoms with Crippen molar-refractivity contribution in [2.45, 2.75) is 44.9 Å². The smallest absolute Gasteiger partial charge is 0.389 e. The molecule has 1 unspecified atom stereocenters. The molecule has 0 aliphatic heterocycles. The number of aromatic nitrogens is 2. The van der Waals surface area contributed by atoms with Crippen molar-refractivity contribution in [2.75, 3.05) is 0 Å². The van der Waals surface area contributed by atoms with E-state index in [-0.39, 0.29) is 18.1 Å². The van der Waals surface area contributed by atoms with Crippen molar-refractivity contribution in [1.82, 2.24) is 10.1 Å². The summed E-state index contributed by atoms with van der Waals surface area (Å²) in [6, 6.07) is 0. The number of aryl methyl sites for hydroxylation is 2. The summed E-state index contributed by atoms with van der Waals surface area (Å²) in [7, 11) is 0. The molecule has 16 heavy (non-hydrogen) atoms. The lowest BCUT2D eigenvalue weighted by molar-refractivity contribution is -0.134. The second-order valence-electron chi connectivity index (χ2n) is 3.61. The third-order valence-corrected chi connectivity index (χ3v) is 1.92. The highest BCUT2D eigenvalue weighted by Gasteiger charge is 2.27. The van der Waals surface area contributed by atoms with Crippen molar-refractivity contribution in [3.63, 3.8) is 0 Å². The minimum absolute atomic E-state index is 0.0536. The van der Waals surface area contributed by atoms with Gasteiger partial charge in [0.1, 0.15) is 0 Å². The summed E-state index contributed by atoms with van der Waals surface area (Å²) in [6.07, 6.45) is -5.12. The van der Waals surface area contributed by atoms with Crippen LogP contribution in [-0.4, -0.2) is 27.5 Å². The van der Waals surface area contributed by atoms with Crippen LogP contribution >= 0.6 is 0 Å². The highest BCUT2D eigenvalue weighted by molar-refractivity contribution is 4.87. The van der Waals surface area contributed by atoms with E-state index < -0.39 is 18.7 Å². The van der Waals surface area contributed by atoms with Crippen LogP contribution in [0.25, 0.3) is 0 Å². The molecule has 0 spiro atoms. The van der Waals surface area contributed by atoms with Gasteiger partial charge < -0.3 is 9.63 Å². The summed E-state index contributed by atoms with van der Waals surface area (Å²) in [5.41, 5.74) is 0. The van der Waals surface area contributed by atoms with Crippen LogP contribution in [0.15, 0.2) is 4.52 Å². The molecule has 7 heteroatoms. The molecule has 1 N–H and O–H groups in total. The first kappa shape index (κ1) is 13.0. The molecule has 0 radical (unpaired) electrons. The monoisotopic (exact) mass is 238 g/mol. The zero-order chi connectivity index (χ0) is 12.2. The lowest BCUT2D eigenvalue weighted by Gasteiger charge is -2.01. The first-order chi connectivity index (χ1) is 7.37. The summed E-state index contributed by atoms with van der Waals surface area (Å²) in [4.78, 5) is 3.80. The molecule has 0 amide bonds. The molecule has 0 saturated carbocycles. The number of aliphatic hydroxyl groups excluding tert-OH is 1. The second-order valence-corrected chi connectivity index (χ2v) is 3.61. The van der Waals surface area contributed by atoms with E-state index in [1.807, 2.05) is 0 Å². The Morgan fingerprint density at radius 3 is 2.62 bits per heavy atom. The van der Waals surface area contributed by atoms with Gasteiger partial charge in [-0.2, -0.15) is 18.2 Å². The van der Waals surface area contributed by atoms with Crippen molar-refractivity contribution in [2.24, 2.45) is 0 Å². The molecule has 1 aromatic heterocycles. The van der Waals surface area contributed by atoms with Crippen molar-refractivity contribution >= 4 is 0 Å². The van der Waals surface area contributed by atoms with E-state index in [4.69, 9.17) is 9.63 Å². The molecule has 92 valence electrons. The molecule has 1 atom stereocenters. The lowest BCUT2D eigenvalue weighted by Crippen LogP contribution is -2.09. The fourth-order valence-electron chi connectivity index (χ4n) is 1.08. The first-order valence-corrected chi connectivity index (χ1v) is 4.93. The number of alkyl halides is 3. The van der Waals surface area contributed by atoms with E-state index in [9.17, 15) is 13.2 Å². The molecule has 1 aromatic rings. The van der Waals surface area contributed by atoms with Crippen LogP contribution in [0.4, 0.5) is 13.2 Å². The van der Waals surface area contributed by atoms with Crippen molar-refractivity contribution < 1.29 is 22.8 Å². The molecule has 0 fully saturated rings. The van der Waals surface area contributed by atoms with Gasteiger partial charge in [-0.05, 0) is 13.3 Å². The molecule has 1 heterocycles. The molecule has 0 bridgehead atoms. The van der Waals surface area contributed by atoms with Crippen LogP contribution in [0.5, 0.6) is 0 Å². The number of nitrogens with zero attached hydrogens (tertiary/aromatic N) is 2. The summed E-state index contributed by atoms with van der Waals surface area (Å²) in [5.74, 6) is 0.316. The molecular formula is C9H13F3N2O2.